The van der Waals surface area contributed by atoms with Crippen LogP contribution in [0.5, 0.6) is 0 Å². The van der Waals surface area contributed by atoms with E-state index in [-0.39, 0.29) is 6.04 Å². The minimum absolute atomic E-state index is 0.0146. The first-order valence-electron chi connectivity index (χ1n) is 8.87. The molecular formula is C18H27N9O. The topological polar surface area (TPSA) is 170 Å². The summed E-state index contributed by atoms with van der Waals surface area (Å²) in [5.41, 5.74) is 16.0. The van der Waals surface area contributed by atoms with E-state index in [4.69, 9.17) is 16.9 Å². The summed E-state index contributed by atoms with van der Waals surface area (Å²) in [5, 5.41) is 27.0. The first-order chi connectivity index (χ1) is 13.4. The Morgan fingerprint density at radius 1 is 1.32 bits per heavy atom. The lowest BCUT2D eigenvalue weighted by atomic mass is 10.1. The molecule has 1 aromatic carbocycles. The summed E-state index contributed by atoms with van der Waals surface area (Å²) < 4.78 is 0. The van der Waals surface area contributed by atoms with Crippen molar-refractivity contribution >= 4 is 35.6 Å². The molecule has 2 aromatic rings. The van der Waals surface area contributed by atoms with Gasteiger partial charge in [0.2, 0.25) is 5.95 Å². The van der Waals surface area contributed by atoms with Crippen LogP contribution in [0.1, 0.15) is 25.6 Å². The Hall–Kier alpha value is -3.08. The molecule has 150 valence electrons. The maximum absolute atomic E-state index is 9.85. The van der Waals surface area contributed by atoms with Crippen LogP contribution in [0.15, 0.2) is 35.6 Å². The first-order valence-corrected chi connectivity index (χ1v) is 8.87. The van der Waals surface area contributed by atoms with Crippen LogP contribution in [0.3, 0.4) is 0 Å². The van der Waals surface area contributed by atoms with E-state index >= 15 is 0 Å². The van der Waals surface area contributed by atoms with Gasteiger partial charge in [0.05, 0.1) is 17.5 Å². The predicted octanol–water partition coefficient (Wildman–Crippen LogP) is 1.61. The average Bonchev–Trinajstić information content (AvgIpc) is 2.66. The summed E-state index contributed by atoms with van der Waals surface area (Å²) in [6.45, 7) is 4.55. The molecule has 1 heterocycles. The largest absolute Gasteiger partial charge is 0.374 e. The smallest absolute Gasteiger partial charge is 0.224 e. The zero-order valence-electron chi connectivity index (χ0n) is 15.9. The molecule has 1 aromatic heterocycles. The third kappa shape index (κ3) is 5.98. The Kier molecular flexibility index (Phi) is 7.81. The Morgan fingerprint density at radius 2 is 2.07 bits per heavy atom. The van der Waals surface area contributed by atoms with Crippen molar-refractivity contribution in [2.45, 2.75) is 26.1 Å². The van der Waals surface area contributed by atoms with Gasteiger partial charge in [-0.25, -0.2) is 4.98 Å². The highest BCUT2D eigenvalue weighted by molar-refractivity contribution is 6.14. The molecule has 0 bridgehead atoms. The van der Waals surface area contributed by atoms with Crippen molar-refractivity contribution < 1.29 is 5.11 Å². The minimum atomic E-state index is -1.23. The van der Waals surface area contributed by atoms with Crippen LogP contribution in [0, 0.1) is 11.3 Å². The fourth-order valence-corrected chi connectivity index (χ4v) is 2.39. The molecule has 0 spiro atoms. The number of hydrogen-bond acceptors (Lipinski definition) is 10. The number of hydrogen-bond donors (Lipinski definition) is 7. The van der Waals surface area contributed by atoms with E-state index in [0.717, 1.165) is 6.21 Å². The van der Waals surface area contributed by atoms with Gasteiger partial charge in [0.25, 0.3) is 0 Å². The van der Waals surface area contributed by atoms with Crippen molar-refractivity contribution in [3.63, 3.8) is 0 Å². The molecule has 9 N–H and O–H groups in total. The SMILES string of the molecule is CC(C)[C@H](CN)Nc1ncc(C(N)O)c(Nc2cccc(N/N=C\C=N)c2)n1. The van der Waals surface area contributed by atoms with Gasteiger partial charge in [-0.2, -0.15) is 10.1 Å². The number of hydrazone groups is 1. The summed E-state index contributed by atoms with van der Waals surface area (Å²) in [6, 6.07) is 7.31. The van der Waals surface area contributed by atoms with Gasteiger partial charge in [-0.3, -0.25) is 5.43 Å². The maximum Gasteiger partial charge on any atom is 0.224 e. The molecule has 0 fully saturated rings. The van der Waals surface area contributed by atoms with Crippen LogP contribution < -0.4 is 27.5 Å². The van der Waals surface area contributed by atoms with E-state index in [2.05, 4.69) is 45.0 Å². The Balaban J connectivity index is 2.27. The number of aromatic nitrogens is 2. The summed E-state index contributed by atoms with van der Waals surface area (Å²) in [5.74, 6) is 1.07. The average molecular weight is 385 g/mol. The maximum atomic E-state index is 9.85. The second kappa shape index (κ2) is 10.3. The molecule has 10 nitrogen and oxygen atoms in total. The normalized spacial score (nSPS) is 13.4. The van der Waals surface area contributed by atoms with Crippen LogP contribution in [-0.4, -0.2) is 40.1 Å². The summed E-state index contributed by atoms with van der Waals surface area (Å²) in [4.78, 5) is 8.69. The van der Waals surface area contributed by atoms with Gasteiger partial charge in [0.1, 0.15) is 12.0 Å². The molecule has 1 unspecified atom stereocenters. The number of anilines is 4. The molecule has 10 heteroatoms. The Labute approximate surface area is 164 Å². The number of rotatable bonds is 10. The number of benzene rings is 1. The number of aliphatic hydroxyl groups is 1. The highest BCUT2D eigenvalue weighted by Crippen LogP contribution is 2.25. The standard InChI is InChI=1S/C18H27N9O/c1-11(2)15(9-20)25-18-22-10-14(16(21)28)17(26-18)24-12-4-3-5-13(8-12)27-23-7-6-19/h3-8,10-11,15-16,19,27-28H,9,20-21H2,1-2H3,(H2,22,24,25,26)/b19-6?,23-7-/t15-,16?/m0/s1. The predicted molar refractivity (Wildman–Crippen MR) is 113 cm³/mol. The van der Waals surface area contributed by atoms with Crippen LogP contribution in [0.2, 0.25) is 0 Å². The Morgan fingerprint density at radius 3 is 2.71 bits per heavy atom. The van der Waals surface area contributed by atoms with Crippen LogP contribution in [0.25, 0.3) is 0 Å². The third-order valence-corrected chi connectivity index (χ3v) is 3.98. The summed E-state index contributed by atoms with van der Waals surface area (Å²) >= 11 is 0. The zero-order valence-corrected chi connectivity index (χ0v) is 15.9. The van der Waals surface area contributed by atoms with Gasteiger partial charge in [-0.05, 0) is 24.1 Å². The summed E-state index contributed by atoms with van der Waals surface area (Å²) in [7, 11) is 0. The van der Waals surface area contributed by atoms with E-state index in [1.807, 2.05) is 18.2 Å². The van der Waals surface area contributed by atoms with Crippen molar-refractivity contribution in [1.29, 1.82) is 5.41 Å². The number of aliphatic hydroxyl groups excluding tert-OH is 1. The highest BCUT2D eigenvalue weighted by atomic mass is 16.3. The quantitative estimate of drug-likeness (QED) is 0.184. The van der Waals surface area contributed by atoms with Gasteiger partial charge < -0.3 is 32.6 Å². The van der Waals surface area contributed by atoms with Gasteiger partial charge in [0, 0.05) is 30.7 Å². The van der Waals surface area contributed by atoms with Gasteiger partial charge in [-0.1, -0.05) is 19.9 Å². The van der Waals surface area contributed by atoms with Crippen molar-refractivity contribution in [2.24, 2.45) is 22.5 Å². The number of nitrogens with zero attached hydrogens (tertiary/aromatic N) is 3. The molecule has 0 aliphatic carbocycles. The van der Waals surface area contributed by atoms with E-state index in [9.17, 15) is 5.11 Å². The third-order valence-electron chi connectivity index (χ3n) is 3.98. The molecule has 2 atom stereocenters. The van der Waals surface area contributed by atoms with E-state index in [1.54, 1.807) is 6.07 Å². The second-order valence-corrected chi connectivity index (χ2v) is 6.44. The molecule has 0 amide bonds. The van der Waals surface area contributed by atoms with Crippen LogP contribution >= 0.6 is 0 Å². The molecule has 0 aliphatic rings. The van der Waals surface area contributed by atoms with Crippen LogP contribution in [-0.2, 0) is 0 Å². The van der Waals surface area contributed by atoms with Gasteiger partial charge in [-0.15, -0.1) is 0 Å². The van der Waals surface area contributed by atoms with E-state index in [0.29, 0.717) is 41.2 Å². The van der Waals surface area contributed by atoms with Crippen molar-refractivity contribution in [2.75, 3.05) is 22.6 Å². The molecule has 28 heavy (non-hydrogen) atoms. The number of nitrogens with two attached hydrogens (primary N) is 2. The molecular weight excluding hydrogens is 358 g/mol. The molecule has 0 radical (unpaired) electrons. The second-order valence-electron chi connectivity index (χ2n) is 6.44. The lowest BCUT2D eigenvalue weighted by molar-refractivity contribution is 0.186. The zero-order chi connectivity index (χ0) is 20.5. The molecule has 0 aliphatic heterocycles. The number of nitrogens with one attached hydrogen (secondary N) is 4. The highest BCUT2D eigenvalue weighted by Gasteiger charge is 2.16. The summed E-state index contributed by atoms with van der Waals surface area (Å²) in [6.07, 6.45) is 2.65. The van der Waals surface area contributed by atoms with E-state index < -0.39 is 6.23 Å². The molecule has 0 saturated heterocycles. The van der Waals surface area contributed by atoms with Crippen molar-refractivity contribution in [3.8, 4) is 0 Å². The van der Waals surface area contributed by atoms with Crippen molar-refractivity contribution in [3.05, 3.63) is 36.0 Å². The monoisotopic (exact) mass is 385 g/mol. The van der Waals surface area contributed by atoms with Gasteiger partial charge >= 0.3 is 0 Å². The van der Waals surface area contributed by atoms with Crippen LogP contribution in [0.4, 0.5) is 23.1 Å². The Bertz CT molecular complexity index is 807. The fourth-order valence-electron chi connectivity index (χ4n) is 2.39. The lowest BCUT2D eigenvalue weighted by Gasteiger charge is -2.21. The first kappa shape index (κ1) is 21.2. The fraction of sp³-hybridized carbons (Fsp3) is 0.333. The lowest BCUT2D eigenvalue weighted by Crippen LogP contribution is -2.34. The molecule has 2 rings (SSSR count). The molecule has 0 saturated carbocycles. The van der Waals surface area contributed by atoms with E-state index in [1.165, 1.54) is 12.4 Å². The van der Waals surface area contributed by atoms with Crippen molar-refractivity contribution in [1.82, 2.24) is 9.97 Å². The van der Waals surface area contributed by atoms with Gasteiger partial charge in [0.15, 0.2) is 0 Å². The minimum Gasteiger partial charge on any atom is -0.374 e.